The number of unbranched alkanes of at least 4 members (excludes halogenated alkanes) is 28. The monoisotopic (exact) mass is 1130 g/mol. The van der Waals surface area contributed by atoms with Crippen molar-refractivity contribution in [1.82, 2.24) is 0 Å². The Bertz CT molecular complexity index is 1730. The van der Waals surface area contributed by atoms with Crippen LogP contribution in [0, 0.1) is 0 Å². The maximum absolute atomic E-state index is 13.0. The second-order valence-electron chi connectivity index (χ2n) is 22.3. The molecule has 0 aromatic rings. The number of allylic oxidation sites excluding steroid dienone is 22. The maximum atomic E-state index is 13.0. The number of hydrogen-bond acceptors (Lipinski definition) is 6. The largest absolute Gasteiger partial charge is 0.462 e. The van der Waals surface area contributed by atoms with Gasteiger partial charge in [-0.1, -0.05) is 289 Å². The average molecular weight is 1140 g/mol. The molecule has 82 heavy (non-hydrogen) atoms. The molecule has 0 radical (unpaired) electrons. The van der Waals surface area contributed by atoms with E-state index in [4.69, 9.17) is 14.2 Å². The summed E-state index contributed by atoms with van der Waals surface area (Å²) < 4.78 is 17.0. The van der Waals surface area contributed by atoms with Crippen LogP contribution in [0.25, 0.3) is 0 Å². The maximum Gasteiger partial charge on any atom is 0.306 e. The van der Waals surface area contributed by atoms with Gasteiger partial charge in [-0.25, -0.2) is 0 Å². The Balaban J connectivity index is 4.43. The normalized spacial score (nSPS) is 13.0. The van der Waals surface area contributed by atoms with Crippen molar-refractivity contribution in [3.8, 4) is 0 Å². The Morgan fingerprint density at radius 3 is 0.744 bits per heavy atom. The van der Waals surface area contributed by atoms with Crippen LogP contribution >= 0.6 is 0 Å². The summed E-state index contributed by atoms with van der Waals surface area (Å²) in [5, 5.41) is 0. The third-order valence-corrected chi connectivity index (χ3v) is 14.4. The topological polar surface area (TPSA) is 78.9 Å². The summed E-state index contributed by atoms with van der Waals surface area (Å²) in [7, 11) is 0. The van der Waals surface area contributed by atoms with Crippen LogP contribution in [0.2, 0.25) is 0 Å². The second kappa shape index (κ2) is 69.0. The molecular weight excluding hydrogens is 1010 g/mol. The zero-order valence-electron chi connectivity index (χ0n) is 53.5. The lowest BCUT2D eigenvalue weighted by atomic mass is 10.0. The summed E-state index contributed by atoms with van der Waals surface area (Å²) in [5.41, 5.74) is 0. The van der Waals surface area contributed by atoms with Gasteiger partial charge in [-0.2, -0.15) is 0 Å². The van der Waals surface area contributed by atoms with Crippen LogP contribution in [0.4, 0.5) is 0 Å². The number of rotatable bonds is 61. The van der Waals surface area contributed by atoms with Gasteiger partial charge in [0.15, 0.2) is 6.10 Å². The molecule has 6 heteroatoms. The number of ether oxygens (including phenoxy) is 3. The lowest BCUT2D eigenvalue weighted by Crippen LogP contribution is -2.30. The standard InChI is InChI=1S/C76H126O6/c1-4-7-10-13-16-19-22-25-28-31-34-36-37-38-39-41-42-45-48-51-54-57-60-63-66-69-75(78)81-72-73(71-80-74(77)68-65-62-59-56-53-50-47-44-33-30-27-24-21-18-15-12-9-6-3)82-76(79)70-67-64-61-58-55-52-49-46-43-40-35-32-29-26-23-20-17-14-11-8-5-2/h7-8,10-11,16-17,19-21,24-26,28-30,33-36,40,46,49,73H,4-6,9,12-15,18,22-23,27,31-32,37-39,41-45,47-48,50-72H2,1-3H3/b10-7-,11-8-,19-16-,20-17-,24-21-,28-25-,29-26-,33-30-,36-34-,40-35-,49-46-. The van der Waals surface area contributed by atoms with Gasteiger partial charge in [-0.15, -0.1) is 0 Å². The molecule has 0 N–H and O–H groups in total. The summed E-state index contributed by atoms with van der Waals surface area (Å²) in [5.74, 6) is -0.914. The highest BCUT2D eigenvalue weighted by molar-refractivity contribution is 5.71. The van der Waals surface area contributed by atoms with Crippen LogP contribution in [0.1, 0.15) is 310 Å². The van der Waals surface area contributed by atoms with Gasteiger partial charge in [0.1, 0.15) is 13.2 Å². The molecule has 1 unspecified atom stereocenters. The van der Waals surface area contributed by atoms with Gasteiger partial charge in [0, 0.05) is 19.3 Å². The Kier molecular flexibility index (Phi) is 65.3. The summed E-state index contributed by atoms with van der Waals surface area (Å²) in [6.45, 7) is 6.40. The smallest absolute Gasteiger partial charge is 0.306 e. The van der Waals surface area contributed by atoms with Gasteiger partial charge in [-0.3, -0.25) is 14.4 Å². The second-order valence-corrected chi connectivity index (χ2v) is 22.3. The molecule has 0 aliphatic heterocycles. The van der Waals surface area contributed by atoms with Crippen molar-refractivity contribution < 1.29 is 28.6 Å². The predicted molar refractivity (Wildman–Crippen MR) is 357 cm³/mol. The zero-order chi connectivity index (χ0) is 59.2. The molecule has 0 bridgehead atoms. The number of hydrogen-bond donors (Lipinski definition) is 0. The Hall–Kier alpha value is -4.45. The van der Waals surface area contributed by atoms with E-state index >= 15 is 0 Å². The molecule has 0 aromatic carbocycles. The third-order valence-electron chi connectivity index (χ3n) is 14.4. The van der Waals surface area contributed by atoms with Gasteiger partial charge >= 0.3 is 17.9 Å². The highest BCUT2D eigenvalue weighted by Gasteiger charge is 2.19. The molecule has 0 aliphatic carbocycles. The van der Waals surface area contributed by atoms with E-state index in [2.05, 4.69) is 154 Å². The first kappa shape index (κ1) is 77.5. The molecule has 1 atom stereocenters. The van der Waals surface area contributed by atoms with Crippen LogP contribution in [0.3, 0.4) is 0 Å². The van der Waals surface area contributed by atoms with Gasteiger partial charge in [0.2, 0.25) is 0 Å². The zero-order valence-corrected chi connectivity index (χ0v) is 53.5. The van der Waals surface area contributed by atoms with Crippen molar-refractivity contribution in [2.45, 2.75) is 316 Å². The molecule has 466 valence electrons. The van der Waals surface area contributed by atoms with Crippen molar-refractivity contribution in [2.24, 2.45) is 0 Å². The summed E-state index contributed by atoms with van der Waals surface area (Å²) in [4.78, 5) is 38.5. The molecule has 0 aromatic heterocycles. The van der Waals surface area contributed by atoms with Crippen molar-refractivity contribution >= 4 is 17.9 Å². The van der Waals surface area contributed by atoms with Crippen molar-refractivity contribution in [3.05, 3.63) is 134 Å². The molecule has 0 heterocycles. The van der Waals surface area contributed by atoms with E-state index in [-0.39, 0.29) is 31.1 Å². The fourth-order valence-corrected chi connectivity index (χ4v) is 9.32. The molecular formula is C76H126O6. The van der Waals surface area contributed by atoms with E-state index in [9.17, 15) is 14.4 Å². The lowest BCUT2D eigenvalue weighted by molar-refractivity contribution is -0.167. The quantitative estimate of drug-likeness (QED) is 0.0261. The molecule has 0 saturated carbocycles. The predicted octanol–water partition coefficient (Wildman–Crippen LogP) is 23.7. The van der Waals surface area contributed by atoms with E-state index in [1.807, 2.05) is 0 Å². The minimum absolute atomic E-state index is 0.0923. The fourth-order valence-electron chi connectivity index (χ4n) is 9.32. The summed E-state index contributed by atoms with van der Waals surface area (Å²) >= 11 is 0. The number of carbonyl (C=O) groups excluding carboxylic acids is 3. The molecule has 0 rings (SSSR count). The average Bonchev–Trinajstić information content (AvgIpc) is 3.47. The van der Waals surface area contributed by atoms with Crippen LogP contribution in [-0.4, -0.2) is 37.2 Å². The number of carbonyl (C=O) groups is 3. The first-order chi connectivity index (χ1) is 40.5. The minimum atomic E-state index is -0.799. The SMILES string of the molecule is CC/C=C\C/C=C\C/C=C\C/C=C\C/C=C\CCCCCCCC(=O)OC(COC(=O)CCCCCCCCC/C=C\C/C=C\CCCCCC)COC(=O)CCCCCCCCCCCCCC/C=C\C/C=C\C/C=C\C/C=C\CC. The highest BCUT2D eigenvalue weighted by atomic mass is 16.6. The van der Waals surface area contributed by atoms with E-state index in [0.29, 0.717) is 19.3 Å². The van der Waals surface area contributed by atoms with E-state index in [1.54, 1.807) is 0 Å². The first-order valence-corrected chi connectivity index (χ1v) is 34.2. The summed E-state index contributed by atoms with van der Waals surface area (Å²) in [6, 6.07) is 0. The van der Waals surface area contributed by atoms with Crippen LogP contribution in [-0.2, 0) is 28.6 Å². The van der Waals surface area contributed by atoms with Crippen molar-refractivity contribution in [2.75, 3.05) is 13.2 Å². The minimum Gasteiger partial charge on any atom is -0.462 e. The van der Waals surface area contributed by atoms with Crippen LogP contribution < -0.4 is 0 Å². The molecule has 0 spiro atoms. The molecule has 0 fully saturated rings. The van der Waals surface area contributed by atoms with E-state index in [0.717, 1.165) is 148 Å². The van der Waals surface area contributed by atoms with E-state index < -0.39 is 6.10 Å². The highest BCUT2D eigenvalue weighted by Crippen LogP contribution is 2.16. The lowest BCUT2D eigenvalue weighted by Gasteiger charge is -2.18. The van der Waals surface area contributed by atoms with Crippen LogP contribution in [0.15, 0.2) is 134 Å². The number of esters is 3. The van der Waals surface area contributed by atoms with Gasteiger partial charge in [-0.05, 0) is 135 Å². The molecule has 6 nitrogen and oxygen atoms in total. The van der Waals surface area contributed by atoms with Crippen LogP contribution in [0.5, 0.6) is 0 Å². The van der Waals surface area contributed by atoms with Crippen molar-refractivity contribution in [3.63, 3.8) is 0 Å². The molecule has 0 amide bonds. The molecule has 0 saturated heterocycles. The van der Waals surface area contributed by atoms with Gasteiger partial charge in [0.05, 0.1) is 0 Å². The third kappa shape index (κ3) is 66.4. The summed E-state index contributed by atoms with van der Waals surface area (Å²) in [6.07, 6.45) is 97.4. The Morgan fingerprint density at radius 1 is 0.256 bits per heavy atom. The first-order valence-electron chi connectivity index (χ1n) is 34.2. The Labute approximate surface area is 506 Å². The fraction of sp³-hybridized carbons (Fsp3) is 0.671. The Morgan fingerprint density at radius 2 is 0.476 bits per heavy atom. The van der Waals surface area contributed by atoms with Crippen molar-refractivity contribution in [1.29, 1.82) is 0 Å². The van der Waals surface area contributed by atoms with E-state index in [1.165, 1.54) is 122 Å². The molecule has 0 aliphatic rings. The van der Waals surface area contributed by atoms with Gasteiger partial charge in [0.25, 0.3) is 0 Å². The van der Waals surface area contributed by atoms with Gasteiger partial charge < -0.3 is 14.2 Å².